The van der Waals surface area contributed by atoms with Crippen LogP contribution >= 0.6 is 11.3 Å². The molecule has 0 spiro atoms. The number of hydrogen-bond acceptors (Lipinski definition) is 7. The minimum atomic E-state index is -1.38. The molecule has 8 nitrogen and oxygen atoms in total. The number of nitrogens with one attached hydrogen (secondary N) is 2. The van der Waals surface area contributed by atoms with Crippen LogP contribution in [0.1, 0.15) is 73.1 Å². The van der Waals surface area contributed by atoms with Gasteiger partial charge < -0.3 is 20.5 Å². The summed E-state index contributed by atoms with van der Waals surface area (Å²) in [6.45, 7) is 15.9. The van der Waals surface area contributed by atoms with Gasteiger partial charge in [0, 0.05) is 16.5 Å². The summed E-state index contributed by atoms with van der Waals surface area (Å²) in [7, 11) is 0. The number of thiazole rings is 1. The number of aliphatic hydroxyl groups is 1. The van der Waals surface area contributed by atoms with Gasteiger partial charge in [-0.05, 0) is 18.3 Å². The number of carbonyl (C=O) groups is 3. The fraction of sp³-hybridized carbons (Fsp3) is 0.714. The zero-order valence-electron chi connectivity index (χ0n) is 19.3. The molecule has 0 aliphatic heterocycles. The van der Waals surface area contributed by atoms with Gasteiger partial charge >= 0.3 is 5.97 Å². The van der Waals surface area contributed by atoms with Gasteiger partial charge in [0.2, 0.25) is 5.91 Å². The maximum absolute atomic E-state index is 12.8. The molecule has 0 bridgehead atoms. The second-order valence-electron chi connectivity index (χ2n) is 9.89. The Hall–Kier alpha value is -2.00. The van der Waals surface area contributed by atoms with E-state index < -0.39 is 46.9 Å². The number of rotatable bonds is 7. The summed E-state index contributed by atoms with van der Waals surface area (Å²) in [6.07, 6.45) is -0.843. The van der Waals surface area contributed by atoms with Gasteiger partial charge in [-0.25, -0.2) is 9.78 Å². The summed E-state index contributed by atoms with van der Waals surface area (Å²) in [5.41, 5.74) is -1.47. The van der Waals surface area contributed by atoms with Gasteiger partial charge in [0.25, 0.3) is 5.91 Å². The van der Waals surface area contributed by atoms with Gasteiger partial charge in [-0.3, -0.25) is 9.59 Å². The van der Waals surface area contributed by atoms with Crippen LogP contribution in [0, 0.1) is 10.8 Å². The highest BCUT2D eigenvalue weighted by atomic mass is 32.1. The molecule has 0 radical (unpaired) electrons. The van der Waals surface area contributed by atoms with E-state index in [0.717, 1.165) is 4.88 Å². The van der Waals surface area contributed by atoms with E-state index in [-0.39, 0.29) is 0 Å². The van der Waals surface area contributed by atoms with Crippen molar-refractivity contribution in [1.82, 2.24) is 10.3 Å². The van der Waals surface area contributed by atoms with Crippen LogP contribution in [-0.4, -0.2) is 46.1 Å². The van der Waals surface area contributed by atoms with Crippen LogP contribution in [0.15, 0.2) is 6.20 Å². The van der Waals surface area contributed by atoms with Crippen molar-refractivity contribution >= 4 is 34.3 Å². The number of carbonyl (C=O) groups excluding carboxylic acids is 3. The molecule has 1 heterocycles. The standard InChI is InChI=1S/C21H35N3O5S/c1-11(2)13-10-22-19(30-13)24-16(26)12(3)23-17(27)15(21(7,8)9)29-18(28)14(25)20(4,5)6/h10-12,14-15,25H,1-9H3,(H,23,27)(H,22,24,26)/t12-,14+,15+/m0/s1. The van der Waals surface area contributed by atoms with Crippen molar-refractivity contribution in [2.24, 2.45) is 10.8 Å². The Morgan fingerprint density at radius 2 is 1.60 bits per heavy atom. The molecule has 0 unspecified atom stereocenters. The quantitative estimate of drug-likeness (QED) is 0.560. The third kappa shape index (κ3) is 7.36. The summed E-state index contributed by atoms with van der Waals surface area (Å²) in [4.78, 5) is 42.8. The Balaban J connectivity index is 2.82. The largest absolute Gasteiger partial charge is 0.450 e. The molecule has 1 rings (SSSR count). The molecule has 9 heteroatoms. The predicted octanol–water partition coefficient (Wildman–Crippen LogP) is 3.07. The van der Waals surface area contributed by atoms with Gasteiger partial charge in [-0.2, -0.15) is 0 Å². The number of hydrogen-bond donors (Lipinski definition) is 3. The lowest BCUT2D eigenvalue weighted by atomic mass is 9.87. The van der Waals surface area contributed by atoms with E-state index in [9.17, 15) is 19.5 Å². The van der Waals surface area contributed by atoms with Crippen molar-refractivity contribution in [3.05, 3.63) is 11.1 Å². The molecule has 2 amide bonds. The average Bonchev–Trinajstić information content (AvgIpc) is 3.05. The van der Waals surface area contributed by atoms with Crippen LogP contribution in [-0.2, 0) is 19.1 Å². The summed E-state index contributed by atoms with van der Waals surface area (Å²) in [5, 5.41) is 15.9. The first-order valence-corrected chi connectivity index (χ1v) is 10.8. The normalized spacial score (nSPS) is 15.3. The van der Waals surface area contributed by atoms with Gasteiger partial charge in [-0.15, -0.1) is 11.3 Å². The maximum Gasteiger partial charge on any atom is 0.336 e. The fourth-order valence-corrected chi connectivity index (χ4v) is 3.16. The molecular formula is C21H35N3O5S. The molecule has 0 aliphatic carbocycles. The highest BCUT2D eigenvalue weighted by molar-refractivity contribution is 7.15. The van der Waals surface area contributed by atoms with Crippen molar-refractivity contribution in [1.29, 1.82) is 0 Å². The first-order chi connectivity index (χ1) is 13.5. The van der Waals surface area contributed by atoms with E-state index >= 15 is 0 Å². The summed E-state index contributed by atoms with van der Waals surface area (Å²) >= 11 is 1.38. The minimum Gasteiger partial charge on any atom is -0.450 e. The Morgan fingerprint density at radius 3 is 2.03 bits per heavy atom. The molecule has 1 aromatic rings. The highest BCUT2D eigenvalue weighted by Gasteiger charge is 2.39. The lowest BCUT2D eigenvalue weighted by molar-refractivity contribution is -0.175. The fourth-order valence-electron chi connectivity index (χ4n) is 2.34. The van der Waals surface area contributed by atoms with Gasteiger partial charge in [0.05, 0.1) is 0 Å². The molecule has 170 valence electrons. The first-order valence-electron chi connectivity index (χ1n) is 9.99. The van der Waals surface area contributed by atoms with Crippen LogP contribution in [0.3, 0.4) is 0 Å². The molecule has 0 fully saturated rings. The molecule has 0 saturated heterocycles. The molecule has 30 heavy (non-hydrogen) atoms. The van der Waals surface area contributed by atoms with Crippen molar-refractivity contribution in [3.63, 3.8) is 0 Å². The molecule has 3 N–H and O–H groups in total. The number of nitrogens with zero attached hydrogens (tertiary/aromatic N) is 1. The van der Waals surface area contributed by atoms with Crippen molar-refractivity contribution in [2.45, 2.75) is 86.5 Å². The smallest absolute Gasteiger partial charge is 0.336 e. The minimum absolute atomic E-state index is 0.302. The summed E-state index contributed by atoms with van der Waals surface area (Å²) in [6, 6.07) is -0.875. The van der Waals surface area contributed by atoms with Gasteiger partial charge in [0.15, 0.2) is 17.3 Å². The summed E-state index contributed by atoms with van der Waals surface area (Å²) in [5.74, 6) is -1.61. The van der Waals surface area contributed by atoms with E-state index in [1.807, 2.05) is 13.8 Å². The third-order valence-corrected chi connectivity index (χ3v) is 5.59. The van der Waals surface area contributed by atoms with E-state index in [4.69, 9.17) is 4.74 Å². The zero-order valence-corrected chi connectivity index (χ0v) is 20.1. The molecule has 0 aromatic carbocycles. The SMILES string of the molecule is CC(C)c1cnc(NC(=O)[C@H](C)NC(=O)[C@@H](OC(=O)[C@@H](O)C(C)(C)C)C(C)(C)C)s1. The highest BCUT2D eigenvalue weighted by Crippen LogP contribution is 2.27. The van der Waals surface area contributed by atoms with E-state index in [0.29, 0.717) is 11.0 Å². The topological polar surface area (TPSA) is 118 Å². The van der Waals surface area contributed by atoms with Gasteiger partial charge in [0.1, 0.15) is 6.04 Å². The maximum atomic E-state index is 12.8. The number of anilines is 1. The Morgan fingerprint density at radius 1 is 1.03 bits per heavy atom. The van der Waals surface area contributed by atoms with Crippen LogP contribution in [0.4, 0.5) is 5.13 Å². The number of esters is 1. The number of aliphatic hydroxyl groups excluding tert-OH is 1. The second-order valence-corrected chi connectivity index (χ2v) is 11.0. The van der Waals surface area contributed by atoms with Crippen LogP contribution < -0.4 is 10.6 Å². The lowest BCUT2D eigenvalue weighted by Gasteiger charge is -2.32. The molecular weight excluding hydrogens is 406 g/mol. The Bertz CT molecular complexity index is 761. The van der Waals surface area contributed by atoms with Crippen molar-refractivity contribution in [2.75, 3.05) is 5.32 Å². The van der Waals surface area contributed by atoms with Gasteiger partial charge in [-0.1, -0.05) is 55.4 Å². The third-order valence-electron chi connectivity index (χ3n) is 4.38. The molecule has 3 atom stereocenters. The predicted molar refractivity (Wildman–Crippen MR) is 117 cm³/mol. The van der Waals surface area contributed by atoms with Crippen LogP contribution in [0.25, 0.3) is 0 Å². The van der Waals surface area contributed by atoms with Crippen LogP contribution in [0.2, 0.25) is 0 Å². The number of amides is 2. The van der Waals surface area contributed by atoms with Crippen molar-refractivity contribution in [3.8, 4) is 0 Å². The Labute approximate surface area is 182 Å². The molecule has 0 aliphatic rings. The monoisotopic (exact) mass is 441 g/mol. The first kappa shape index (κ1) is 26.0. The number of ether oxygens (including phenoxy) is 1. The van der Waals surface area contributed by atoms with Crippen LogP contribution in [0.5, 0.6) is 0 Å². The van der Waals surface area contributed by atoms with E-state index in [1.54, 1.807) is 47.7 Å². The zero-order chi connectivity index (χ0) is 23.4. The summed E-state index contributed by atoms with van der Waals surface area (Å²) < 4.78 is 5.35. The molecule has 1 aromatic heterocycles. The lowest BCUT2D eigenvalue weighted by Crippen LogP contribution is -2.52. The average molecular weight is 442 g/mol. The molecule has 0 saturated carbocycles. The number of aromatic nitrogens is 1. The Kier molecular flexibility index (Phi) is 8.57. The van der Waals surface area contributed by atoms with E-state index in [1.165, 1.54) is 18.3 Å². The van der Waals surface area contributed by atoms with E-state index in [2.05, 4.69) is 15.6 Å². The van der Waals surface area contributed by atoms with Crippen molar-refractivity contribution < 1.29 is 24.2 Å². The second kappa shape index (κ2) is 9.87.